The standard InChI is InChI=1S/C20H13BrN4/c21-17-13-7-12-16(22-17)20-24-18(14-8-3-1-4-9-14)23-19(25-20)15-10-5-2-6-11-15/h1-13H. The van der Waals surface area contributed by atoms with E-state index in [1.165, 1.54) is 0 Å². The van der Waals surface area contributed by atoms with E-state index in [1.807, 2.05) is 78.9 Å². The minimum atomic E-state index is 0.550. The maximum atomic E-state index is 4.66. The first-order chi connectivity index (χ1) is 12.3. The van der Waals surface area contributed by atoms with E-state index in [0.717, 1.165) is 15.7 Å². The Labute approximate surface area is 153 Å². The largest absolute Gasteiger partial charge is 0.238 e. The van der Waals surface area contributed by atoms with Crippen LogP contribution < -0.4 is 0 Å². The number of benzene rings is 2. The SMILES string of the molecule is Brc1cccc(-c2nc(-c3ccccc3)nc(-c3ccccc3)n2)n1. The Balaban J connectivity index is 1.92. The molecule has 0 bridgehead atoms. The Morgan fingerprint density at radius 1 is 0.480 bits per heavy atom. The van der Waals surface area contributed by atoms with Gasteiger partial charge < -0.3 is 0 Å². The van der Waals surface area contributed by atoms with Gasteiger partial charge in [-0.2, -0.15) is 0 Å². The lowest BCUT2D eigenvalue weighted by Gasteiger charge is -2.07. The third-order valence-corrected chi connectivity index (χ3v) is 4.09. The van der Waals surface area contributed by atoms with Gasteiger partial charge in [0.2, 0.25) is 0 Å². The highest BCUT2D eigenvalue weighted by atomic mass is 79.9. The first-order valence-electron chi connectivity index (χ1n) is 7.79. The van der Waals surface area contributed by atoms with Crippen LogP contribution in [0.25, 0.3) is 34.3 Å². The molecule has 5 heteroatoms. The van der Waals surface area contributed by atoms with Gasteiger partial charge in [-0.1, -0.05) is 66.7 Å². The number of halogens is 1. The Morgan fingerprint density at radius 3 is 1.52 bits per heavy atom. The predicted octanol–water partition coefficient (Wildman–Crippen LogP) is 5.03. The molecule has 0 spiro atoms. The Hall–Kier alpha value is -2.92. The van der Waals surface area contributed by atoms with Crippen molar-refractivity contribution in [3.63, 3.8) is 0 Å². The van der Waals surface area contributed by atoms with E-state index < -0.39 is 0 Å². The average Bonchev–Trinajstić information content (AvgIpc) is 2.69. The van der Waals surface area contributed by atoms with E-state index in [0.29, 0.717) is 23.2 Å². The molecule has 0 radical (unpaired) electrons. The highest BCUT2D eigenvalue weighted by Gasteiger charge is 2.12. The normalized spacial score (nSPS) is 10.6. The molecule has 4 aromatic rings. The van der Waals surface area contributed by atoms with Gasteiger partial charge >= 0.3 is 0 Å². The fraction of sp³-hybridized carbons (Fsp3) is 0. The molecule has 0 fully saturated rings. The van der Waals surface area contributed by atoms with Gasteiger partial charge in [0, 0.05) is 11.1 Å². The summed E-state index contributed by atoms with van der Waals surface area (Å²) in [6.45, 7) is 0. The number of rotatable bonds is 3. The summed E-state index contributed by atoms with van der Waals surface area (Å²) in [5.41, 5.74) is 2.59. The summed E-state index contributed by atoms with van der Waals surface area (Å²) in [5, 5.41) is 0. The minimum Gasteiger partial charge on any atom is -0.238 e. The molecular formula is C20H13BrN4. The molecule has 25 heavy (non-hydrogen) atoms. The van der Waals surface area contributed by atoms with Gasteiger partial charge in [0.15, 0.2) is 17.5 Å². The molecule has 0 unspecified atom stereocenters. The average molecular weight is 389 g/mol. The molecular weight excluding hydrogens is 376 g/mol. The fourth-order valence-electron chi connectivity index (χ4n) is 2.46. The second-order valence-corrected chi connectivity index (χ2v) is 6.20. The van der Waals surface area contributed by atoms with Gasteiger partial charge in [0.1, 0.15) is 10.3 Å². The van der Waals surface area contributed by atoms with E-state index in [4.69, 9.17) is 0 Å². The number of aromatic nitrogens is 4. The number of hydrogen-bond acceptors (Lipinski definition) is 4. The van der Waals surface area contributed by atoms with Gasteiger partial charge in [0.25, 0.3) is 0 Å². The van der Waals surface area contributed by atoms with Crippen molar-refractivity contribution in [3.8, 4) is 34.3 Å². The molecule has 0 amide bonds. The maximum absolute atomic E-state index is 4.66. The highest BCUT2D eigenvalue weighted by Crippen LogP contribution is 2.24. The lowest BCUT2D eigenvalue weighted by Crippen LogP contribution is -2.01. The summed E-state index contributed by atoms with van der Waals surface area (Å²) in [6.07, 6.45) is 0. The van der Waals surface area contributed by atoms with Gasteiger partial charge in [-0.05, 0) is 28.1 Å². The van der Waals surface area contributed by atoms with Crippen LogP contribution in [0.2, 0.25) is 0 Å². The first-order valence-corrected chi connectivity index (χ1v) is 8.59. The van der Waals surface area contributed by atoms with Crippen molar-refractivity contribution in [2.45, 2.75) is 0 Å². The maximum Gasteiger partial charge on any atom is 0.182 e. The summed E-state index contributed by atoms with van der Waals surface area (Å²) < 4.78 is 0.743. The van der Waals surface area contributed by atoms with Gasteiger partial charge in [-0.15, -0.1) is 0 Å². The van der Waals surface area contributed by atoms with Crippen molar-refractivity contribution in [2.75, 3.05) is 0 Å². The van der Waals surface area contributed by atoms with E-state index in [-0.39, 0.29) is 0 Å². The fourth-order valence-corrected chi connectivity index (χ4v) is 2.80. The van der Waals surface area contributed by atoms with E-state index in [2.05, 4.69) is 35.9 Å². The Bertz CT molecular complexity index is 947. The van der Waals surface area contributed by atoms with E-state index >= 15 is 0 Å². The zero-order valence-electron chi connectivity index (χ0n) is 13.2. The monoisotopic (exact) mass is 388 g/mol. The molecule has 0 aliphatic heterocycles. The third kappa shape index (κ3) is 3.46. The summed E-state index contributed by atoms with van der Waals surface area (Å²) in [6, 6.07) is 25.5. The lowest BCUT2D eigenvalue weighted by molar-refractivity contribution is 1.06. The third-order valence-electron chi connectivity index (χ3n) is 3.64. The summed E-state index contributed by atoms with van der Waals surface area (Å²) in [4.78, 5) is 18.4. The van der Waals surface area contributed by atoms with E-state index in [9.17, 15) is 0 Å². The summed E-state index contributed by atoms with van der Waals surface area (Å²) >= 11 is 3.40. The van der Waals surface area contributed by atoms with Crippen LogP contribution in [0.4, 0.5) is 0 Å². The molecule has 2 aromatic carbocycles. The quantitative estimate of drug-likeness (QED) is 0.461. The summed E-state index contributed by atoms with van der Waals surface area (Å²) in [5.74, 6) is 1.81. The van der Waals surface area contributed by atoms with Crippen LogP contribution in [0.1, 0.15) is 0 Å². The molecule has 0 aliphatic rings. The summed E-state index contributed by atoms with van der Waals surface area (Å²) in [7, 11) is 0. The zero-order valence-corrected chi connectivity index (χ0v) is 14.8. The molecule has 0 aliphatic carbocycles. The van der Waals surface area contributed by atoms with Gasteiger partial charge in [0.05, 0.1) is 0 Å². The molecule has 2 heterocycles. The smallest absolute Gasteiger partial charge is 0.182 e. The van der Waals surface area contributed by atoms with Gasteiger partial charge in [-0.3, -0.25) is 0 Å². The Morgan fingerprint density at radius 2 is 1.00 bits per heavy atom. The van der Waals surface area contributed by atoms with Gasteiger partial charge in [-0.25, -0.2) is 19.9 Å². The van der Waals surface area contributed by atoms with Crippen LogP contribution in [-0.2, 0) is 0 Å². The van der Waals surface area contributed by atoms with Crippen molar-refractivity contribution >= 4 is 15.9 Å². The van der Waals surface area contributed by atoms with Crippen LogP contribution >= 0.6 is 15.9 Å². The molecule has 4 nitrogen and oxygen atoms in total. The van der Waals surface area contributed by atoms with Crippen molar-refractivity contribution in [1.82, 2.24) is 19.9 Å². The topological polar surface area (TPSA) is 51.6 Å². The number of hydrogen-bond donors (Lipinski definition) is 0. The molecule has 0 atom stereocenters. The molecule has 0 saturated heterocycles. The Kier molecular flexibility index (Phi) is 4.31. The number of pyridine rings is 1. The van der Waals surface area contributed by atoms with E-state index in [1.54, 1.807) is 0 Å². The van der Waals surface area contributed by atoms with Crippen LogP contribution in [0.5, 0.6) is 0 Å². The lowest BCUT2D eigenvalue weighted by atomic mass is 10.2. The molecule has 4 rings (SSSR count). The second-order valence-electron chi connectivity index (χ2n) is 5.38. The van der Waals surface area contributed by atoms with Crippen LogP contribution in [0.3, 0.4) is 0 Å². The second kappa shape index (κ2) is 6.91. The zero-order chi connectivity index (χ0) is 17.1. The molecule has 2 aromatic heterocycles. The predicted molar refractivity (Wildman–Crippen MR) is 102 cm³/mol. The van der Waals surface area contributed by atoms with Crippen molar-refractivity contribution in [3.05, 3.63) is 83.5 Å². The minimum absolute atomic E-state index is 0.550. The number of nitrogens with zero attached hydrogens (tertiary/aromatic N) is 4. The van der Waals surface area contributed by atoms with Crippen LogP contribution in [0, 0.1) is 0 Å². The molecule has 0 saturated carbocycles. The molecule has 0 N–H and O–H groups in total. The van der Waals surface area contributed by atoms with Crippen molar-refractivity contribution < 1.29 is 0 Å². The first kappa shape index (κ1) is 15.6. The van der Waals surface area contributed by atoms with Crippen molar-refractivity contribution in [2.24, 2.45) is 0 Å². The van der Waals surface area contributed by atoms with Crippen LogP contribution in [-0.4, -0.2) is 19.9 Å². The molecule has 120 valence electrons. The van der Waals surface area contributed by atoms with Crippen molar-refractivity contribution in [1.29, 1.82) is 0 Å². The van der Waals surface area contributed by atoms with Crippen LogP contribution in [0.15, 0.2) is 83.5 Å². The highest BCUT2D eigenvalue weighted by molar-refractivity contribution is 9.10.